The monoisotopic (exact) mass is 565 g/mol. The number of para-hydroxylation sites is 1. The molecule has 3 aromatic rings. The molecule has 0 bridgehead atoms. The number of carboxylic acid groups (broad SMARTS) is 2. The second kappa shape index (κ2) is 12.6. The van der Waals surface area contributed by atoms with Crippen LogP contribution in [0.25, 0.3) is 11.0 Å². The predicted octanol–water partition coefficient (Wildman–Crippen LogP) is 4.30. The van der Waals surface area contributed by atoms with E-state index in [4.69, 9.17) is 19.5 Å². The first kappa shape index (κ1) is 28.4. The molecule has 3 aliphatic heterocycles. The standard InChI is InChI=1S/C26H28FN3O3.C4H4O4/c27-19-6-7-20-22(15-19)33-28-25(20)17-9-12-29(13-10-17)11-2-14-32-23-16-30-24(31)8-5-18-3-1-4-21(23)26(18)30;5-3(6)1-2-4(7)8/h1,3-4,6-7,15,17,23H,2,5,8-14,16H2;1-2H,(H,5,6)(H,7,8)/b;2-1+. The molecule has 1 saturated heterocycles. The van der Waals surface area contributed by atoms with Gasteiger partial charge in [-0.3, -0.25) is 4.79 Å². The second-order valence-electron chi connectivity index (χ2n) is 10.4. The number of rotatable bonds is 8. The largest absolute Gasteiger partial charge is 0.478 e. The third kappa shape index (κ3) is 6.63. The van der Waals surface area contributed by atoms with Crippen LogP contribution in [0.5, 0.6) is 0 Å². The first-order valence-corrected chi connectivity index (χ1v) is 13.7. The average Bonchev–Trinajstić information content (AvgIpc) is 3.55. The van der Waals surface area contributed by atoms with Crippen LogP contribution in [-0.4, -0.2) is 70.9 Å². The highest BCUT2D eigenvalue weighted by Crippen LogP contribution is 2.42. The topological polar surface area (TPSA) is 133 Å². The summed E-state index contributed by atoms with van der Waals surface area (Å²) in [7, 11) is 0. The number of nitrogens with zero attached hydrogens (tertiary/aromatic N) is 3. The maximum absolute atomic E-state index is 13.4. The summed E-state index contributed by atoms with van der Waals surface area (Å²) in [5.74, 6) is -2.24. The molecule has 10 nitrogen and oxygen atoms in total. The Labute approximate surface area is 236 Å². The summed E-state index contributed by atoms with van der Waals surface area (Å²) >= 11 is 0. The van der Waals surface area contributed by atoms with E-state index in [0.717, 1.165) is 62.1 Å². The van der Waals surface area contributed by atoms with Crippen LogP contribution in [0.15, 0.2) is 53.1 Å². The summed E-state index contributed by atoms with van der Waals surface area (Å²) in [6, 6.07) is 11.0. The zero-order valence-corrected chi connectivity index (χ0v) is 22.5. The number of anilines is 1. The number of hydrogen-bond acceptors (Lipinski definition) is 7. The van der Waals surface area contributed by atoms with Crippen LogP contribution < -0.4 is 4.90 Å². The average molecular weight is 566 g/mol. The molecule has 11 heteroatoms. The highest BCUT2D eigenvalue weighted by Gasteiger charge is 2.37. The van der Waals surface area contributed by atoms with Crippen LogP contribution in [0.1, 0.15) is 54.5 Å². The molecule has 216 valence electrons. The number of likely N-dealkylation sites (tertiary alicyclic amines) is 1. The molecule has 1 unspecified atom stereocenters. The number of carboxylic acids is 2. The van der Waals surface area contributed by atoms with Gasteiger partial charge in [-0.2, -0.15) is 0 Å². The Morgan fingerprint density at radius 3 is 2.59 bits per heavy atom. The maximum Gasteiger partial charge on any atom is 0.328 e. The van der Waals surface area contributed by atoms with Gasteiger partial charge in [0.25, 0.3) is 0 Å². The Hall–Kier alpha value is -4.09. The van der Waals surface area contributed by atoms with E-state index in [0.29, 0.717) is 43.2 Å². The van der Waals surface area contributed by atoms with Crippen molar-refractivity contribution in [1.29, 1.82) is 0 Å². The van der Waals surface area contributed by atoms with Gasteiger partial charge in [0.1, 0.15) is 11.9 Å². The Morgan fingerprint density at radius 2 is 1.85 bits per heavy atom. The molecule has 1 amide bonds. The van der Waals surface area contributed by atoms with Crippen LogP contribution in [0.3, 0.4) is 0 Å². The molecule has 6 rings (SSSR count). The lowest BCUT2D eigenvalue weighted by Gasteiger charge is -2.31. The summed E-state index contributed by atoms with van der Waals surface area (Å²) in [6.45, 7) is 4.36. The molecule has 2 aromatic carbocycles. The van der Waals surface area contributed by atoms with Crippen molar-refractivity contribution >= 4 is 34.5 Å². The molecule has 0 spiro atoms. The highest BCUT2D eigenvalue weighted by molar-refractivity contribution is 5.99. The normalized spacial score (nSPS) is 18.9. The fraction of sp³-hybridized carbons (Fsp3) is 0.400. The summed E-state index contributed by atoms with van der Waals surface area (Å²) < 4.78 is 25.0. The number of aryl methyl sites for hydroxylation is 1. The van der Waals surface area contributed by atoms with Gasteiger partial charge in [0.2, 0.25) is 5.91 Å². The number of carbonyl (C=O) groups is 3. The molecule has 41 heavy (non-hydrogen) atoms. The van der Waals surface area contributed by atoms with Gasteiger partial charge < -0.3 is 29.3 Å². The first-order chi connectivity index (χ1) is 19.8. The number of aromatic nitrogens is 1. The van der Waals surface area contributed by atoms with E-state index in [2.05, 4.69) is 28.3 Å². The van der Waals surface area contributed by atoms with E-state index in [9.17, 15) is 18.8 Å². The number of piperidine rings is 1. The Kier molecular flexibility index (Phi) is 8.75. The summed E-state index contributed by atoms with van der Waals surface area (Å²) in [6.07, 6.45) is 5.55. The van der Waals surface area contributed by atoms with E-state index in [1.807, 2.05) is 4.90 Å². The third-order valence-electron chi connectivity index (χ3n) is 7.77. The summed E-state index contributed by atoms with van der Waals surface area (Å²) in [5, 5.41) is 20.8. The number of benzene rings is 2. The lowest BCUT2D eigenvalue weighted by molar-refractivity contribution is -0.134. The van der Waals surface area contributed by atoms with Gasteiger partial charge >= 0.3 is 11.9 Å². The van der Waals surface area contributed by atoms with Crippen LogP contribution in [0, 0.1) is 5.82 Å². The molecule has 3 aliphatic rings. The minimum Gasteiger partial charge on any atom is -0.478 e. The Balaban J connectivity index is 0.000000372. The van der Waals surface area contributed by atoms with Gasteiger partial charge in [0, 0.05) is 54.7 Å². The zero-order valence-electron chi connectivity index (χ0n) is 22.5. The van der Waals surface area contributed by atoms with E-state index >= 15 is 0 Å². The smallest absolute Gasteiger partial charge is 0.328 e. The Morgan fingerprint density at radius 1 is 1.10 bits per heavy atom. The van der Waals surface area contributed by atoms with Crippen molar-refractivity contribution in [3.8, 4) is 0 Å². The van der Waals surface area contributed by atoms with Gasteiger partial charge in [-0.15, -0.1) is 0 Å². The van der Waals surface area contributed by atoms with Gasteiger partial charge in [0.05, 0.1) is 17.9 Å². The molecule has 4 heterocycles. The van der Waals surface area contributed by atoms with E-state index in [1.54, 1.807) is 6.07 Å². The van der Waals surface area contributed by atoms with E-state index in [1.165, 1.54) is 23.3 Å². The van der Waals surface area contributed by atoms with Gasteiger partial charge in [-0.1, -0.05) is 23.4 Å². The maximum atomic E-state index is 13.4. The van der Waals surface area contributed by atoms with Crippen molar-refractivity contribution in [1.82, 2.24) is 10.1 Å². The molecule has 2 N–H and O–H groups in total. The zero-order chi connectivity index (χ0) is 28.9. The third-order valence-corrected chi connectivity index (χ3v) is 7.77. The number of fused-ring (bicyclic) bond motifs is 1. The number of amides is 1. The van der Waals surface area contributed by atoms with E-state index in [-0.39, 0.29) is 17.8 Å². The minimum absolute atomic E-state index is 0.0157. The lowest BCUT2D eigenvalue weighted by Crippen LogP contribution is -2.34. The second-order valence-corrected chi connectivity index (χ2v) is 10.4. The minimum atomic E-state index is -1.26. The fourth-order valence-electron chi connectivity index (χ4n) is 5.81. The van der Waals surface area contributed by atoms with Crippen LogP contribution >= 0.6 is 0 Å². The summed E-state index contributed by atoms with van der Waals surface area (Å²) in [5.41, 5.74) is 5.03. The number of halogens is 1. The number of aliphatic carboxylic acids is 2. The van der Waals surface area contributed by atoms with Crippen LogP contribution in [-0.2, 0) is 25.5 Å². The van der Waals surface area contributed by atoms with Crippen molar-refractivity contribution in [2.45, 2.75) is 44.1 Å². The van der Waals surface area contributed by atoms with Gasteiger partial charge in [-0.05, 0) is 56.5 Å². The van der Waals surface area contributed by atoms with Crippen molar-refractivity contribution in [2.24, 2.45) is 0 Å². The van der Waals surface area contributed by atoms with Crippen molar-refractivity contribution in [2.75, 3.05) is 37.7 Å². The predicted molar refractivity (Wildman–Crippen MR) is 147 cm³/mol. The quantitative estimate of drug-likeness (QED) is 0.303. The molecule has 1 aromatic heterocycles. The summed E-state index contributed by atoms with van der Waals surface area (Å²) in [4.78, 5) is 35.8. The first-order valence-electron chi connectivity index (χ1n) is 13.7. The Bertz CT molecular complexity index is 1450. The van der Waals surface area contributed by atoms with Gasteiger partial charge in [-0.25, -0.2) is 14.0 Å². The fourth-order valence-corrected chi connectivity index (χ4v) is 5.81. The highest BCUT2D eigenvalue weighted by atomic mass is 19.1. The van der Waals surface area contributed by atoms with Crippen molar-refractivity contribution < 1.29 is 38.2 Å². The molecule has 0 radical (unpaired) electrons. The molecule has 1 atom stereocenters. The molecular weight excluding hydrogens is 533 g/mol. The van der Waals surface area contributed by atoms with Crippen LogP contribution in [0.4, 0.5) is 10.1 Å². The number of hydrogen-bond donors (Lipinski definition) is 2. The molecule has 0 aliphatic carbocycles. The van der Waals surface area contributed by atoms with Crippen molar-refractivity contribution in [3.63, 3.8) is 0 Å². The van der Waals surface area contributed by atoms with Crippen molar-refractivity contribution in [3.05, 3.63) is 71.2 Å². The lowest BCUT2D eigenvalue weighted by atomic mass is 9.91. The molecule has 0 saturated carbocycles. The van der Waals surface area contributed by atoms with Crippen LogP contribution in [0.2, 0.25) is 0 Å². The van der Waals surface area contributed by atoms with E-state index < -0.39 is 11.9 Å². The number of carbonyl (C=O) groups excluding carboxylic acids is 1. The number of ether oxygens (including phenoxy) is 1. The van der Waals surface area contributed by atoms with Gasteiger partial charge in [0.15, 0.2) is 5.58 Å². The molecular formula is C30H32FN3O7. The SMILES string of the molecule is O=C(O)/C=C/C(=O)O.O=C1CCc2cccc3c2N1CC3OCCCN1CCC(c2noc3cc(F)ccc23)CC1. The molecule has 1 fully saturated rings.